The van der Waals surface area contributed by atoms with Crippen LogP contribution in [0.2, 0.25) is 0 Å². The number of nitrogens with one attached hydrogen (secondary N) is 1. The van der Waals surface area contributed by atoms with Crippen LogP contribution in [0.3, 0.4) is 0 Å². The molecule has 1 unspecified atom stereocenters. The Hall–Kier alpha value is -3.66. The van der Waals surface area contributed by atoms with Gasteiger partial charge in [0.25, 0.3) is 5.92 Å². The Labute approximate surface area is 276 Å². The van der Waals surface area contributed by atoms with Crippen LogP contribution in [0.4, 0.5) is 42.2 Å². The van der Waals surface area contributed by atoms with E-state index in [1.807, 2.05) is 16.7 Å². The zero-order valence-electron chi connectivity index (χ0n) is 26.7. The van der Waals surface area contributed by atoms with Crippen molar-refractivity contribution in [3.63, 3.8) is 0 Å². The molecule has 3 aromatic rings. The number of anilines is 2. The maximum atomic E-state index is 16.9. The summed E-state index contributed by atoms with van der Waals surface area (Å²) in [5, 5.41) is 3.66. The Bertz CT molecular complexity index is 1930. The number of alkyl halides is 5. The van der Waals surface area contributed by atoms with Crippen LogP contribution in [0.25, 0.3) is 22.2 Å². The summed E-state index contributed by atoms with van der Waals surface area (Å²) >= 11 is 0. The lowest BCUT2D eigenvalue weighted by atomic mass is 9.89. The summed E-state index contributed by atoms with van der Waals surface area (Å²) in [6.07, 6.45) is -2.38. The minimum atomic E-state index is -5.08. The van der Waals surface area contributed by atoms with Gasteiger partial charge >= 0.3 is 12.2 Å². The predicted octanol–water partition coefficient (Wildman–Crippen LogP) is 5.61. The van der Waals surface area contributed by atoms with Crippen molar-refractivity contribution >= 4 is 22.4 Å². The molecule has 1 aliphatic carbocycles. The summed E-state index contributed by atoms with van der Waals surface area (Å²) in [6, 6.07) is 0.286. The van der Waals surface area contributed by atoms with Gasteiger partial charge in [-0.15, -0.1) is 0 Å². The van der Waals surface area contributed by atoms with Crippen LogP contribution in [0, 0.1) is 24.0 Å². The predicted molar refractivity (Wildman–Crippen MR) is 164 cm³/mol. The average molecular weight is 694 g/mol. The molecule has 7 heterocycles. The molecule has 2 aromatic heterocycles. The van der Waals surface area contributed by atoms with E-state index in [4.69, 9.17) is 20.2 Å². The highest BCUT2D eigenvalue weighted by atomic mass is 19.4. The molecule has 5 fully saturated rings. The number of nitrogen functional groups attached to an aromatic ring is 1. The largest absolute Gasteiger partial charge is 0.472 e. The number of rotatable bonds is 4. The molecule has 2 bridgehead atoms. The number of piperazine rings is 1. The van der Waals surface area contributed by atoms with Crippen LogP contribution >= 0.6 is 0 Å². The second-order valence-electron chi connectivity index (χ2n) is 14.8. The van der Waals surface area contributed by atoms with Gasteiger partial charge in [-0.2, -0.15) is 23.1 Å². The van der Waals surface area contributed by atoms with E-state index in [2.05, 4.69) is 15.3 Å². The highest BCUT2D eigenvalue weighted by molar-refractivity contribution is 5.97. The van der Waals surface area contributed by atoms with Gasteiger partial charge in [0.15, 0.2) is 5.82 Å². The number of hydrogen-bond acceptors (Lipinski definition) is 9. The number of nitrogens with zero attached hydrogens (tertiary/aromatic N) is 5. The van der Waals surface area contributed by atoms with E-state index >= 15 is 4.39 Å². The number of hydrogen-bond donors (Lipinski definition) is 2. The number of halogens is 7. The summed E-state index contributed by atoms with van der Waals surface area (Å²) in [7, 11) is 0. The normalized spacial score (nSPS) is 32.7. The van der Waals surface area contributed by atoms with Gasteiger partial charge < -0.3 is 25.4 Å². The zero-order chi connectivity index (χ0) is 34.4. The zero-order valence-corrected chi connectivity index (χ0v) is 26.7. The van der Waals surface area contributed by atoms with Gasteiger partial charge in [0, 0.05) is 37.2 Å². The number of nitrogens with two attached hydrogens (primary N) is 1. The molecule has 262 valence electrons. The third-order valence-electron chi connectivity index (χ3n) is 11.9. The van der Waals surface area contributed by atoms with Gasteiger partial charge in [0.05, 0.1) is 28.2 Å². The van der Waals surface area contributed by atoms with E-state index in [1.54, 1.807) is 0 Å². The third-order valence-corrected chi connectivity index (χ3v) is 11.9. The van der Waals surface area contributed by atoms with Crippen molar-refractivity contribution in [1.82, 2.24) is 25.2 Å². The summed E-state index contributed by atoms with van der Waals surface area (Å²) in [4.78, 5) is 17.5. The minimum absolute atomic E-state index is 0.0148. The molecule has 5 aliphatic heterocycles. The molecule has 9 nitrogen and oxygen atoms in total. The van der Waals surface area contributed by atoms with E-state index in [0.717, 1.165) is 32.3 Å². The molecule has 1 aromatic carbocycles. The molecule has 1 saturated carbocycles. The molecule has 3 N–H and O–H groups in total. The van der Waals surface area contributed by atoms with E-state index in [1.165, 1.54) is 0 Å². The first kappa shape index (κ1) is 31.3. The maximum Gasteiger partial charge on any atom is 0.417 e. The fraction of sp³-hybridized carbons (Fsp3) is 0.606. The Morgan fingerprint density at radius 3 is 2.63 bits per heavy atom. The number of fused-ring (bicyclic) bond motifs is 6. The summed E-state index contributed by atoms with van der Waals surface area (Å²) < 4.78 is 116. The van der Waals surface area contributed by atoms with Crippen LogP contribution in [0.5, 0.6) is 11.9 Å². The molecule has 0 radical (unpaired) electrons. The number of aromatic nitrogens is 3. The molecule has 6 atom stereocenters. The molecule has 1 spiro atoms. The van der Waals surface area contributed by atoms with Gasteiger partial charge in [0.2, 0.25) is 5.88 Å². The Balaban J connectivity index is 1.21. The van der Waals surface area contributed by atoms with Gasteiger partial charge in [0.1, 0.15) is 40.9 Å². The van der Waals surface area contributed by atoms with Crippen molar-refractivity contribution in [1.29, 1.82) is 0 Å². The lowest BCUT2D eigenvalue weighted by Gasteiger charge is -2.42. The Morgan fingerprint density at radius 2 is 1.90 bits per heavy atom. The maximum absolute atomic E-state index is 16.9. The van der Waals surface area contributed by atoms with Crippen molar-refractivity contribution in [2.24, 2.45) is 5.41 Å². The number of benzene rings is 1. The lowest BCUT2D eigenvalue weighted by Crippen LogP contribution is -2.62. The minimum Gasteiger partial charge on any atom is -0.472 e. The van der Waals surface area contributed by atoms with Crippen LogP contribution in [0.1, 0.15) is 56.6 Å². The van der Waals surface area contributed by atoms with E-state index in [9.17, 15) is 26.3 Å². The first-order valence-electron chi connectivity index (χ1n) is 16.6. The van der Waals surface area contributed by atoms with Crippen LogP contribution in [-0.2, 0) is 6.18 Å². The molecule has 9 rings (SSSR count). The van der Waals surface area contributed by atoms with Crippen molar-refractivity contribution in [2.75, 3.05) is 36.9 Å². The molecular weight excluding hydrogens is 659 g/mol. The molecule has 4 saturated heterocycles. The van der Waals surface area contributed by atoms with Gasteiger partial charge in [-0.05, 0) is 64.1 Å². The topological polar surface area (TPSA) is 102 Å². The highest BCUT2D eigenvalue weighted by Gasteiger charge is 2.77. The van der Waals surface area contributed by atoms with E-state index in [0.29, 0.717) is 19.5 Å². The summed E-state index contributed by atoms with van der Waals surface area (Å²) in [6.45, 7) is 4.13. The first-order valence-corrected chi connectivity index (χ1v) is 16.6. The van der Waals surface area contributed by atoms with Crippen molar-refractivity contribution < 1.29 is 40.2 Å². The van der Waals surface area contributed by atoms with Gasteiger partial charge in [-0.25, -0.2) is 22.5 Å². The van der Waals surface area contributed by atoms with Crippen molar-refractivity contribution in [3.05, 3.63) is 28.8 Å². The molecular formula is C33H34F7N7O2. The molecule has 6 aliphatic rings. The van der Waals surface area contributed by atoms with E-state index < -0.39 is 68.9 Å². The fourth-order valence-corrected chi connectivity index (χ4v) is 9.55. The van der Waals surface area contributed by atoms with Crippen LogP contribution in [0.15, 0.2) is 6.07 Å². The molecule has 49 heavy (non-hydrogen) atoms. The van der Waals surface area contributed by atoms with Crippen LogP contribution in [-0.4, -0.2) is 81.8 Å². The summed E-state index contributed by atoms with van der Waals surface area (Å²) in [5.41, 5.74) is -0.715. The number of ether oxygens (including phenoxy) is 2. The van der Waals surface area contributed by atoms with Gasteiger partial charge in [-0.1, -0.05) is 0 Å². The highest BCUT2D eigenvalue weighted by Crippen LogP contribution is 2.69. The average Bonchev–Trinajstić information content (AvgIpc) is 3.34. The van der Waals surface area contributed by atoms with Crippen LogP contribution < -0.4 is 25.4 Å². The Morgan fingerprint density at radius 1 is 1.12 bits per heavy atom. The van der Waals surface area contributed by atoms with Crippen molar-refractivity contribution in [3.8, 4) is 23.1 Å². The second kappa shape index (κ2) is 9.98. The SMILES string of the molecule is Cc1c(F)c(N)cc(-c2nc3c4c(nc(OC[C@@]56CCCN5CC5(CC5(F)F)C6)nc4c2F)N2C[C@H]4CC[C@H](N4)[C@H]2[C@@H](C)O3)c1C(F)(F)F. The number of pyridine rings is 1. The second-order valence-corrected chi connectivity index (χ2v) is 14.8. The third kappa shape index (κ3) is 4.40. The molecule has 16 heteroatoms. The first-order chi connectivity index (χ1) is 23.1. The van der Waals surface area contributed by atoms with E-state index in [-0.39, 0.29) is 72.7 Å². The quantitative estimate of drug-likeness (QED) is 0.267. The van der Waals surface area contributed by atoms with Crippen molar-refractivity contribution in [2.45, 2.75) is 94.2 Å². The summed E-state index contributed by atoms with van der Waals surface area (Å²) in [5.74, 6) is -5.12. The fourth-order valence-electron chi connectivity index (χ4n) is 9.55. The lowest BCUT2D eigenvalue weighted by molar-refractivity contribution is -0.137. The van der Waals surface area contributed by atoms with Gasteiger partial charge in [-0.3, -0.25) is 4.90 Å². The smallest absolute Gasteiger partial charge is 0.417 e. The molecule has 0 amide bonds. The Kier molecular flexibility index (Phi) is 6.38. The standard InChI is InChI=1S/C33H34F7N7O2/c1-14-21(33(38,39)40)17(8-18(41)22(14)34)24-23(35)25-20-27(47-9-16-4-5-19(42-16)26(47)15(2)49-28(20)43-24)45-29(44-25)48-13-31-6-3-7-46(31)12-30(10-31)11-32(30,36)37/h8,15-16,19,26,42H,3-7,9-13,41H2,1-2H3/t15-,16-,19+,26-,30?,31+/m1/s1. The monoisotopic (exact) mass is 693 g/mol.